The maximum Gasteiger partial charge on any atom is 0.247 e. The summed E-state index contributed by atoms with van der Waals surface area (Å²) < 4.78 is 10.3. The predicted octanol–water partition coefficient (Wildman–Crippen LogP) is 2.75. The average Bonchev–Trinajstić information content (AvgIpc) is 3.08. The van der Waals surface area contributed by atoms with E-state index in [4.69, 9.17) is 9.15 Å². The molecule has 1 N–H and O–H groups in total. The lowest BCUT2D eigenvalue weighted by molar-refractivity contribution is 0.396. The summed E-state index contributed by atoms with van der Waals surface area (Å²) in [6.07, 6.45) is 1.32. The number of hydrogen-bond acceptors (Lipinski definition) is 6. The lowest BCUT2D eigenvalue weighted by Crippen LogP contribution is -2.02. The van der Waals surface area contributed by atoms with Crippen LogP contribution in [-0.2, 0) is 6.54 Å². The average molecular weight is 282 g/mol. The van der Waals surface area contributed by atoms with Crippen LogP contribution in [0.2, 0.25) is 0 Å². The standard InChI is InChI=1S/C15H14N4O2/c1-20-14-7-3-6-13(18-14)9-16-12-5-2-4-11(8-12)15-19-17-10-21-15/h2-8,10,16H,9H2,1H3. The summed E-state index contributed by atoms with van der Waals surface area (Å²) in [6, 6.07) is 13.5. The van der Waals surface area contributed by atoms with Crippen molar-refractivity contribution < 1.29 is 9.15 Å². The van der Waals surface area contributed by atoms with Crippen molar-refractivity contribution >= 4 is 5.69 Å². The van der Waals surface area contributed by atoms with Crippen molar-refractivity contribution in [3.63, 3.8) is 0 Å². The summed E-state index contributed by atoms with van der Waals surface area (Å²) in [5.41, 5.74) is 2.73. The number of rotatable bonds is 5. The van der Waals surface area contributed by atoms with Gasteiger partial charge in [-0.2, -0.15) is 0 Å². The molecule has 0 saturated heterocycles. The summed E-state index contributed by atoms with van der Waals surface area (Å²) in [7, 11) is 1.60. The van der Waals surface area contributed by atoms with Gasteiger partial charge in [-0.25, -0.2) is 4.98 Å². The molecule has 0 unspecified atom stereocenters. The highest BCUT2D eigenvalue weighted by atomic mass is 16.5. The Hall–Kier alpha value is -2.89. The molecule has 2 heterocycles. The van der Waals surface area contributed by atoms with Gasteiger partial charge in [-0.3, -0.25) is 0 Å². The van der Waals surface area contributed by atoms with Gasteiger partial charge in [-0.05, 0) is 24.3 Å². The first kappa shape index (κ1) is 13.1. The maximum atomic E-state index is 5.19. The van der Waals surface area contributed by atoms with Gasteiger partial charge in [0.1, 0.15) is 0 Å². The molecular formula is C15H14N4O2. The summed E-state index contributed by atoms with van der Waals surface area (Å²) in [6.45, 7) is 0.602. The van der Waals surface area contributed by atoms with Crippen LogP contribution in [0.3, 0.4) is 0 Å². The van der Waals surface area contributed by atoms with Crippen LogP contribution in [0.4, 0.5) is 5.69 Å². The Morgan fingerprint density at radius 1 is 1.19 bits per heavy atom. The third-order valence-corrected chi connectivity index (χ3v) is 2.93. The number of pyridine rings is 1. The second-order valence-corrected chi connectivity index (χ2v) is 4.35. The third-order valence-electron chi connectivity index (χ3n) is 2.93. The number of aromatic nitrogens is 3. The lowest BCUT2D eigenvalue weighted by atomic mass is 10.2. The van der Waals surface area contributed by atoms with Gasteiger partial charge in [-0.15, -0.1) is 10.2 Å². The molecule has 0 bridgehead atoms. The highest BCUT2D eigenvalue weighted by Gasteiger charge is 2.04. The van der Waals surface area contributed by atoms with Gasteiger partial charge < -0.3 is 14.5 Å². The van der Waals surface area contributed by atoms with Crippen LogP contribution in [0, 0.1) is 0 Å². The maximum absolute atomic E-state index is 5.19. The highest BCUT2D eigenvalue weighted by Crippen LogP contribution is 2.20. The molecule has 0 saturated carbocycles. The molecule has 0 fully saturated rings. The zero-order chi connectivity index (χ0) is 14.5. The zero-order valence-electron chi connectivity index (χ0n) is 11.5. The predicted molar refractivity (Wildman–Crippen MR) is 77.8 cm³/mol. The molecule has 0 atom stereocenters. The lowest BCUT2D eigenvalue weighted by Gasteiger charge is -2.07. The van der Waals surface area contributed by atoms with Gasteiger partial charge in [-0.1, -0.05) is 12.1 Å². The molecule has 3 aromatic rings. The smallest absolute Gasteiger partial charge is 0.247 e. The van der Waals surface area contributed by atoms with E-state index in [1.807, 2.05) is 42.5 Å². The van der Waals surface area contributed by atoms with Crippen molar-refractivity contribution in [2.45, 2.75) is 6.54 Å². The van der Waals surface area contributed by atoms with Gasteiger partial charge in [0, 0.05) is 17.3 Å². The first-order valence-corrected chi connectivity index (χ1v) is 6.45. The fraction of sp³-hybridized carbons (Fsp3) is 0.133. The molecule has 21 heavy (non-hydrogen) atoms. The second-order valence-electron chi connectivity index (χ2n) is 4.35. The number of anilines is 1. The Morgan fingerprint density at radius 2 is 2.10 bits per heavy atom. The van der Waals surface area contributed by atoms with Gasteiger partial charge in [0.05, 0.1) is 19.3 Å². The number of methoxy groups -OCH3 is 1. The first-order valence-electron chi connectivity index (χ1n) is 6.45. The number of ether oxygens (including phenoxy) is 1. The Morgan fingerprint density at radius 3 is 2.90 bits per heavy atom. The van der Waals surface area contributed by atoms with Gasteiger partial charge in [0.25, 0.3) is 0 Å². The van der Waals surface area contributed by atoms with Crippen molar-refractivity contribution in [1.82, 2.24) is 15.2 Å². The highest BCUT2D eigenvalue weighted by molar-refractivity contribution is 5.60. The fourth-order valence-electron chi connectivity index (χ4n) is 1.92. The molecule has 2 aromatic heterocycles. The number of nitrogens with zero attached hydrogens (tertiary/aromatic N) is 3. The van der Waals surface area contributed by atoms with Gasteiger partial charge in [0.2, 0.25) is 18.2 Å². The largest absolute Gasteiger partial charge is 0.481 e. The van der Waals surface area contributed by atoms with E-state index < -0.39 is 0 Å². The molecule has 0 spiro atoms. The van der Waals surface area contributed by atoms with Crippen molar-refractivity contribution in [2.75, 3.05) is 12.4 Å². The van der Waals surface area contributed by atoms with E-state index in [-0.39, 0.29) is 0 Å². The van der Waals surface area contributed by atoms with Gasteiger partial charge >= 0.3 is 0 Å². The van der Waals surface area contributed by atoms with E-state index in [0.717, 1.165) is 16.9 Å². The topological polar surface area (TPSA) is 73.1 Å². The van der Waals surface area contributed by atoms with Crippen LogP contribution in [-0.4, -0.2) is 22.3 Å². The van der Waals surface area contributed by atoms with E-state index in [1.54, 1.807) is 7.11 Å². The molecular weight excluding hydrogens is 268 g/mol. The summed E-state index contributed by atoms with van der Waals surface area (Å²) >= 11 is 0. The molecule has 3 rings (SSSR count). The zero-order valence-corrected chi connectivity index (χ0v) is 11.5. The van der Waals surface area contributed by atoms with Gasteiger partial charge in [0.15, 0.2) is 0 Å². The molecule has 0 aliphatic rings. The van der Waals surface area contributed by atoms with Crippen LogP contribution in [0.15, 0.2) is 53.3 Å². The summed E-state index contributed by atoms with van der Waals surface area (Å²) in [5, 5.41) is 10.9. The van der Waals surface area contributed by atoms with E-state index in [0.29, 0.717) is 18.3 Å². The normalized spacial score (nSPS) is 10.3. The second kappa shape index (κ2) is 6.04. The number of nitrogens with one attached hydrogen (secondary N) is 1. The monoisotopic (exact) mass is 282 g/mol. The molecule has 6 heteroatoms. The van der Waals surface area contributed by atoms with Crippen molar-refractivity contribution in [3.8, 4) is 17.3 Å². The Balaban J connectivity index is 1.72. The quantitative estimate of drug-likeness (QED) is 0.775. The minimum atomic E-state index is 0.498. The van der Waals surface area contributed by atoms with Crippen LogP contribution in [0.5, 0.6) is 5.88 Å². The Labute approximate surface area is 121 Å². The van der Waals surface area contributed by atoms with Crippen molar-refractivity contribution in [2.24, 2.45) is 0 Å². The third kappa shape index (κ3) is 3.17. The van der Waals surface area contributed by atoms with Crippen molar-refractivity contribution in [1.29, 1.82) is 0 Å². The Kier molecular flexibility index (Phi) is 3.77. The molecule has 0 aliphatic heterocycles. The minimum Gasteiger partial charge on any atom is -0.481 e. The van der Waals surface area contributed by atoms with E-state index in [2.05, 4.69) is 20.5 Å². The Bertz CT molecular complexity index is 713. The van der Waals surface area contributed by atoms with Crippen LogP contribution in [0.1, 0.15) is 5.69 Å². The first-order chi connectivity index (χ1) is 10.3. The summed E-state index contributed by atoms with van der Waals surface area (Å²) in [4.78, 5) is 4.35. The van der Waals surface area contributed by atoms with E-state index >= 15 is 0 Å². The summed E-state index contributed by atoms with van der Waals surface area (Å²) in [5.74, 6) is 1.10. The van der Waals surface area contributed by atoms with E-state index in [9.17, 15) is 0 Å². The van der Waals surface area contributed by atoms with E-state index in [1.165, 1.54) is 6.39 Å². The van der Waals surface area contributed by atoms with Crippen molar-refractivity contribution in [3.05, 3.63) is 54.6 Å². The number of hydrogen-bond donors (Lipinski definition) is 1. The van der Waals surface area contributed by atoms with Crippen LogP contribution < -0.4 is 10.1 Å². The van der Waals surface area contributed by atoms with Crippen LogP contribution in [0.25, 0.3) is 11.5 Å². The van der Waals surface area contributed by atoms with Crippen LogP contribution >= 0.6 is 0 Å². The molecule has 6 nitrogen and oxygen atoms in total. The molecule has 0 aliphatic carbocycles. The SMILES string of the molecule is COc1cccc(CNc2cccc(-c3nnco3)c2)n1. The molecule has 0 radical (unpaired) electrons. The minimum absolute atomic E-state index is 0.498. The molecule has 106 valence electrons. The fourth-order valence-corrected chi connectivity index (χ4v) is 1.92. The number of benzene rings is 1. The molecule has 1 aromatic carbocycles. The molecule has 0 amide bonds.